The van der Waals surface area contributed by atoms with Crippen LogP contribution in [0, 0.1) is 5.92 Å². The summed E-state index contributed by atoms with van der Waals surface area (Å²) in [6.45, 7) is 5.25. The van der Waals surface area contributed by atoms with Crippen molar-refractivity contribution in [1.29, 1.82) is 0 Å². The molecule has 0 unspecified atom stereocenters. The largest absolute Gasteiger partial charge is 0.334 e. The Morgan fingerprint density at radius 2 is 2.27 bits per heavy atom. The quantitative estimate of drug-likeness (QED) is 0.802. The highest BCUT2D eigenvalue weighted by molar-refractivity contribution is 4.91. The third-order valence-electron chi connectivity index (χ3n) is 3.33. The summed E-state index contributed by atoms with van der Waals surface area (Å²) >= 11 is 0. The zero-order valence-corrected chi connectivity index (χ0v) is 9.58. The molecule has 0 bridgehead atoms. The van der Waals surface area contributed by atoms with E-state index in [4.69, 9.17) is 0 Å². The van der Waals surface area contributed by atoms with E-state index in [1.54, 1.807) is 0 Å². The van der Waals surface area contributed by atoms with E-state index < -0.39 is 0 Å². The number of hydrogen-bond acceptors (Lipinski definition) is 2. The third kappa shape index (κ3) is 2.81. The van der Waals surface area contributed by atoms with Crippen LogP contribution in [0.25, 0.3) is 0 Å². The topological polar surface area (TPSA) is 29.9 Å². The van der Waals surface area contributed by atoms with Gasteiger partial charge in [0.05, 0.1) is 6.54 Å². The zero-order chi connectivity index (χ0) is 10.5. The molecule has 2 rings (SSSR count). The Bertz CT molecular complexity index is 287. The van der Waals surface area contributed by atoms with Crippen molar-refractivity contribution in [2.24, 2.45) is 5.92 Å². The van der Waals surface area contributed by atoms with Gasteiger partial charge in [0.1, 0.15) is 5.82 Å². The van der Waals surface area contributed by atoms with E-state index in [9.17, 15) is 0 Å². The fourth-order valence-electron chi connectivity index (χ4n) is 2.40. The van der Waals surface area contributed by atoms with Crippen LogP contribution in [0.2, 0.25) is 0 Å². The first-order valence-electron chi connectivity index (χ1n) is 6.11. The van der Waals surface area contributed by atoms with Crippen LogP contribution in [0.4, 0.5) is 0 Å². The SMILES string of the molecule is CCn1ccnc1CNCC1CCCC1. The standard InChI is InChI=1S/C12H21N3/c1-2-15-8-7-14-12(15)10-13-9-11-5-3-4-6-11/h7-8,11,13H,2-6,9-10H2,1H3. The minimum Gasteiger partial charge on any atom is -0.334 e. The molecule has 1 aromatic heterocycles. The van der Waals surface area contributed by atoms with Gasteiger partial charge in [0.2, 0.25) is 0 Å². The maximum atomic E-state index is 4.35. The fourth-order valence-corrected chi connectivity index (χ4v) is 2.40. The predicted octanol–water partition coefficient (Wildman–Crippen LogP) is 2.18. The lowest BCUT2D eigenvalue weighted by atomic mass is 10.1. The van der Waals surface area contributed by atoms with Gasteiger partial charge in [-0.1, -0.05) is 12.8 Å². The number of imidazole rings is 1. The molecule has 0 aliphatic heterocycles. The molecule has 1 heterocycles. The van der Waals surface area contributed by atoms with Crippen LogP contribution in [0.3, 0.4) is 0 Å². The molecule has 1 aliphatic rings. The highest BCUT2D eigenvalue weighted by Gasteiger charge is 2.14. The average molecular weight is 207 g/mol. The molecule has 0 aromatic carbocycles. The molecule has 1 N–H and O–H groups in total. The lowest BCUT2D eigenvalue weighted by Crippen LogP contribution is -2.22. The average Bonchev–Trinajstić information content (AvgIpc) is 2.88. The Hall–Kier alpha value is -0.830. The summed E-state index contributed by atoms with van der Waals surface area (Å²) in [5.41, 5.74) is 0. The second-order valence-corrected chi connectivity index (χ2v) is 4.41. The molecular formula is C12H21N3. The van der Waals surface area contributed by atoms with Gasteiger partial charge in [-0.25, -0.2) is 4.98 Å². The molecule has 3 nitrogen and oxygen atoms in total. The van der Waals surface area contributed by atoms with Crippen molar-refractivity contribution in [3.8, 4) is 0 Å². The lowest BCUT2D eigenvalue weighted by Gasteiger charge is -2.10. The Morgan fingerprint density at radius 3 is 3.00 bits per heavy atom. The van der Waals surface area contributed by atoms with Crippen LogP contribution in [-0.4, -0.2) is 16.1 Å². The van der Waals surface area contributed by atoms with Crippen molar-refractivity contribution in [3.05, 3.63) is 18.2 Å². The molecule has 15 heavy (non-hydrogen) atoms. The van der Waals surface area contributed by atoms with Gasteiger partial charge in [-0.15, -0.1) is 0 Å². The van der Waals surface area contributed by atoms with Crippen molar-refractivity contribution in [3.63, 3.8) is 0 Å². The fraction of sp³-hybridized carbons (Fsp3) is 0.750. The first-order valence-corrected chi connectivity index (χ1v) is 6.11. The van der Waals surface area contributed by atoms with Crippen molar-refractivity contribution in [1.82, 2.24) is 14.9 Å². The van der Waals surface area contributed by atoms with Crippen LogP contribution in [0.1, 0.15) is 38.4 Å². The first kappa shape index (κ1) is 10.7. The number of rotatable bonds is 5. The summed E-state index contributed by atoms with van der Waals surface area (Å²) in [6.07, 6.45) is 9.61. The maximum absolute atomic E-state index is 4.35. The predicted molar refractivity (Wildman–Crippen MR) is 61.6 cm³/mol. The number of nitrogens with one attached hydrogen (secondary N) is 1. The first-order chi connectivity index (χ1) is 7.40. The monoisotopic (exact) mass is 207 g/mol. The molecule has 0 amide bonds. The van der Waals surface area contributed by atoms with Gasteiger partial charge in [-0.2, -0.15) is 0 Å². The highest BCUT2D eigenvalue weighted by Crippen LogP contribution is 2.23. The summed E-state index contributed by atoms with van der Waals surface area (Å²) in [6, 6.07) is 0. The smallest absolute Gasteiger partial charge is 0.122 e. The zero-order valence-electron chi connectivity index (χ0n) is 9.58. The molecule has 1 aromatic rings. The molecule has 3 heteroatoms. The minimum absolute atomic E-state index is 0.912. The van der Waals surface area contributed by atoms with E-state index >= 15 is 0 Å². The Kier molecular flexibility index (Phi) is 3.78. The van der Waals surface area contributed by atoms with Gasteiger partial charge in [0, 0.05) is 18.9 Å². The molecule has 1 saturated carbocycles. The number of aryl methyl sites for hydroxylation is 1. The summed E-state index contributed by atoms with van der Waals surface area (Å²) in [7, 11) is 0. The summed E-state index contributed by atoms with van der Waals surface area (Å²) in [4.78, 5) is 4.35. The van der Waals surface area contributed by atoms with Crippen molar-refractivity contribution in [2.45, 2.75) is 45.7 Å². The third-order valence-corrected chi connectivity index (χ3v) is 3.33. The van der Waals surface area contributed by atoms with E-state index in [1.165, 1.54) is 25.7 Å². The van der Waals surface area contributed by atoms with Crippen molar-refractivity contribution < 1.29 is 0 Å². The van der Waals surface area contributed by atoms with Crippen molar-refractivity contribution >= 4 is 0 Å². The number of aromatic nitrogens is 2. The van der Waals surface area contributed by atoms with Crippen LogP contribution >= 0.6 is 0 Å². The minimum atomic E-state index is 0.912. The maximum Gasteiger partial charge on any atom is 0.122 e. The van der Waals surface area contributed by atoms with E-state index in [-0.39, 0.29) is 0 Å². The van der Waals surface area contributed by atoms with Crippen molar-refractivity contribution in [2.75, 3.05) is 6.54 Å². The molecule has 0 saturated heterocycles. The molecule has 1 fully saturated rings. The summed E-state index contributed by atoms with van der Waals surface area (Å²) in [5.74, 6) is 2.07. The van der Waals surface area contributed by atoms with Gasteiger partial charge in [-0.05, 0) is 32.2 Å². The Balaban J connectivity index is 1.73. The molecule has 0 atom stereocenters. The van der Waals surface area contributed by atoms with E-state index in [2.05, 4.69) is 21.8 Å². The second-order valence-electron chi connectivity index (χ2n) is 4.41. The van der Waals surface area contributed by atoms with E-state index in [0.29, 0.717) is 0 Å². The molecular weight excluding hydrogens is 186 g/mol. The normalized spacial score (nSPS) is 17.4. The highest BCUT2D eigenvalue weighted by atomic mass is 15.1. The van der Waals surface area contributed by atoms with Gasteiger partial charge < -0.3 is 9.88 Å². The van der Waals surface area contributed by atoms with Gasteiger partial charge >= 0.3 is 0 Å². The van der Waals surface area contributed by atoms with Crippen LogP contribution < -0.4 is 5.32 Å². The summed E-state index contributed by atoms with van der Waals surface area (Å²) < 4.78 is 2.20. The van der Waals surface area contributed by atoms with E-state index in [0.717, 1.165) is 31.4 Å². The van der Waals surface area contributed by atoms with Crippen LogP contribution in [-0.2, 0) is 13.1 Å². The second kappa shape index (κ2) is 5.31. The van der Waals surface area contributed by atoms with Gasteiger partial charge in [0.25, 0.3) is 0 Å². The summed E-state index contributed by atoms with van der Waals surface area (Å²) in [5, 5.41) is 3.52. The molecule has 1 aliphatic carbocycles. The van der Waals surface area contributed by atoms with Crippen LogP contribution in [0.15, 0.2) is 12.4 Å². The van der Waals surface area contributed by atoms with E-state index in [1.807, 2.05) is 12.4 Å². The Morgan fingerprint density at radius 1 is 1.47 bits per heavy atom. The lowest BCUT2D eigenvalue weighted by molar-refractivity contribution is 0.478. The number of nitrogens with zero attached hydrogens (tertiary/aromatic N) is 2. The molecule has 0 spiro atoms. The number of hydrogen-bond donors (Lipinski definition) is 1. The molecule has 84 valence electrons. The molecule has 0 radical (unpaired) electrons. The van der Waals surface area contributed by atoms with Gasteiger partial charge in [0.15, 0.2) is 0 Å². The Labute approximate surface area is 91.9 Å². The van der Waals surface area contributed by atoms with Gasteiger partial charge in [-0.3, -0.25) is 0 Å². The van der Waals surface area contributed by atoms with Crippen LogP contribution in [0.5, 0.6) is 0 Å².